The lowest BCUT2D eigenvalue weighted by Crippen LogP contribution is -2.42. The van der Waals surface area contributed by atoms with Crippen molar-refractivity contribution in [2.75, 3.05) is 5.75 Å². The van der Waals surface area contributed by atoms with Gasteiger partial charge in [-0.3, -0.25) is 25.5 Å². The SMILES string of the molecule is CCc1nc(SCC(=O)NNC(=O)c2ccccc2C)n[nH]1. The van der Waals surface area contributed by atoms with E-state index in [-0.39, 0.29) is 17.6 Å². The Morgan fingerprint density at radius 3 is 2.73 bits per heavy atom. The largest absolute Gasteiger partial charge is 0.272 e. The molecule has 3 N–H and O–H groups in total. The van der Waals surface area contributed by atoms with Crippen molar-refractivity contribution in [3.8, 4) is 0 Å². The van der Waals surface area contributed by atoms with Gasteiger partial charge in [0.05, 0.1) is 5.75 Å². The van der Waals surface area contributed by atoms with Gasteiger partial charge in [-0.15, -0.1) is 5.10 Å². The summed E-state index contributed by atoms with van der Waals surface area (Å²) in [6, 6.07) is 7.16. The standard InChI is InChI=1S/C14H17N5O2S/c1-3-11-15-14(19-16-11)22-8-12(20)17-18-13(21)10-7-5-4-6-9(10)2/h4-7H,3,8H2,1-2H3,(H,17,20)(H,18,21)(H,15,16,19). The molecule has 0 saturated carbocycles. The van der Waals surface area contributed by atoms with Crippen molar-refractivity contribution in [3.05, 3.63) is 41.2 Å². The fraction of sp³-hybridized carbons (Fsp3) is 0.286. The second-order valence-corrected chi connectivity index (χ2v) is 5.47. The van der Waals surface area contributed by atoms with Gasteiger partial charge in [-0.05, 0) is 18.6 Å². The average Bonchev–Trinajstić information content (AvgIpc) is 2.99. The van der Waals surface area contributed by atoms with E-state index in [1.54, 1.807) is 12.1 Å². The highest BCUT2D eigenvalue weighted by atomic mass is 32.2. The van der Waals surface area contributed by atoms with E-state index in [0.717, 1.165) is 17.8 Å². The van der Waals surface area contributed by atoms with Gasteiger partial charge in [0.25, 0.3) is 5.91 Å². The van der Waals surface area contributed by atoms with Crippen LogP contribution in [0, 0.1) is 6.92 Å². The third-order valence-corrected chi connectivity index (χ3v) is 3.73. The lowest BCUT2D eigenvalue weighted by atomic mass is 10.1. The number of H-pyrrole nitrogens is 1. The monoisotopic (exact) mass is 319 g/mol. The highest BCUT2D eigenvalue weighted by Crippen LogP contribution is 2.11. The fourth-order valence-electron chi connectivity index (χ4n) is 1.69. The number of carbonyl (C=O) groups is 2. The molecule has 0 unspecified atom stereocenters. The molecule has 0 bridgehead atoms. The molecule has 0 radical (unpaired) electrons. The van der Waals surface area contributed by atoms with Gasteiger partial charge in [0, 0.05) is 12.0 Å². The van der Waals surface area contributed by atoms with Gasteiger partial charge in [-0.1, -0.05) is 36.9 Å². The summed E-state index contributed by atoms with van der Waals surface area (Å²) in [5, 5.41) is 7.26. The van der Waals surface area contributed by atoms with Crippen LogP contribution < -0.4 is 10.9 Å². The molecule has 22 heavy (non-hydrogen) atoms. The maximum atomic E-state index is 11.9. The first-order valence-electron chi connectivity index (χ1n) is 6.79. The van der Waals surface area contributed by atoms with Crippen molar-refractivity contribution < 1.29 is 9.59 Å². The van der Waals surface area contributed by atoms with Crippen LogP contribution in [0.1, 0.15) is 28.7 Å². The number of aromatic nitrogens is 3. The number of hydrogen-bond donors (Lipinski definition) is 3. The van der Waals surface area contributed by atoms with E-state index in [1.165, 1.54) is 11.8 Å². The van der Waals surface area contributed by atoms with Gasteiger partial charge >= 0.3 is 0 Å². The van der Waals surface area contributed by atoms with Crippen LogP contribution in [-0.4, -0.2) is 32.7 Å². The van der Waals surface area contributed by atoms with Gasteiger partial charge < -0.3 is 0 Å². The van der Waals surface area contributed by atoms with Gasteiger partial charge in [-0.25, -0.2) is 4.98 Å². The van der Waals surface area contributed by atoms with E-state index in [0.29, 0.717) is 10.7 Å². The van der Waals surface area contributed by atoms with E-state index in [4.69, 9.17) is 0 Å². The van der Waals surface area contributed by atoms with Crippen LogP contribution in [0.4, 0.5) is 0 Å². The minimum atomic E-state index is -0.345. The molecule has 0 aliphatic rings. The van der Waals surface area contributed by atoms with Crippen molar-refractivity contribution >= 4 is 23.6 Å². The number of hydrazine groups is 1. The van der Waals surface area contributed by atoms with Crippen LogP contribution in [-0.2, 0) is 11.2 Å². The van der Waals surface area contributed by atoms with Crippen LogP contribution in [0.3, 0.4) is 0 Å². The molecule has 2 aromatic rings. The Morgan fingerprint density at radius 1 is 1.27 bits per heavy atom. The number of rotatable bonds is 5. The highest BCUT2D eigenvalue weighted by molar-refractivity contribution is 7.99. The van der Waals surface area contributed by atoms with E-state index in [9.17, 15) is 9.59 Å². The molecular weight excluding hydrogens is 302 g/mol. The second-order valence-electron chi connectivity index (χ2n) is 4.52. The van der Waals surface area contributed by atoms with Crippen molar-refractivity contribution in [3.63, 3.8) is 0 Å². The molecule has 0 fully saturated rings. The average molecular weight is 319 g/mol. The Labute approximate surface area is 132 Å². The smallest absolute Gasteiger partial charge is 0.269 e. The molecule has 7 nitrogen and oxygen atoms in total. The Kier molecular flexibility index (Phi) is 5.54. The lowest BCUT2D eigenvalue weighted by Gasteiger charge is -2.08. The highest BCUT2D eigenvalue weighted by Gasteiger charge is 2.10. The topological polar surface area (TPSA) is 99.8 Å². The Hall–Kier alpha value is -2.35. The fourth-order valence-corrected chi connectivity index (χ4v) is 2.31. The van der Waals surface area contributed by atoms with Gasteiger partial charge in [0.15, 0.2) is 0 Å². The summed E-state index contributed by atoms with van der Waals surface area (Å²) in [5.41, 5.74) is 6.13. The van der Waals surface area contributed by atoms with Crippen molar-refractivity contribution in [2.24, 2.45) is 0 Å². The molecule has 0 aliphatic heterocycles. The molecule has 0 aliphatic carbocycles. The Bertz CT molecular complexity index is 671. The first-order chi connectivity index (χ1) is 10.6. The lowest BCUT2D eigenvalue weighted by molar-refractivity contribution is -0.119. The molecule has 1 heterocycles. The summed E-state index contributed by atoms with van der Waals surface area (Å²) in [6.45, 7) is 3.80. The van der Waals surface area contributed by atoms with Crippen molar-refractivity contribution in [1.29, 1.82) is 0 Å². The Morgan fingerprint density at radius 2 is 2.05 bits per heavy atom. The maximum Gasteiger partial charge on any atom is 0.269 e. The predicted molar refractivity (Wildman–Crippen MR) is 83.3 cm³/mol. The number of nitrogens with one attached hydrogen (secondary N) is 3. The van der Waals surface area contributed by atoms with Crippen LogP contribution >= 0.6 is 11.8 Å². The summed E-state index contributed by atoms with van der Waals surface area (Å²) >= 11 is 1.20. The molecule has 2 amide bonds. The van der Waals surface area contributed by atoms with E-state index in [2.05, 4.69) is 26.0 Å². The zero-order chi connectivity index (χ0) is 15.9. The molecule has 1 aromatic heterocycles. The third kappa shape index (κ3) is 4.32. The minimum absolute atomic E-state index is 0.120. The number of nitrogens with zero attached hydrogens (tertiary/aromatic N) is 2. The summed E-state index contributed by atoms with van der Waals surface area (Å²) < 4.78 is 0. The molecule has 1 aromatic carbocycles. The summed E-state index contributed by atoms with van der Waals surface area (Å²) in [5.74, 6) is 0.225. The van der Waals surface area contributed by atoms with Crippen LogP contribution in [0.15, 0.2) is 29.4 Å². The first-order valence-corrected chi connectivity index (χ1v) is 7.77. The number of carbonyl (C=O) groups excluding carboxylic acids is 2. The number of aromatic amines is 1. The molecule has 0 saturated heterocycles. The summed E-state index contributed by atoms with van der Waals surface area (Å²) in [6.07, 6.45) is 0.756. The quantitative estimate of drug-likeness (QED) is 0.568. The first kappa shape index (κ1) is 16.0. The minimum Gasteiger partial charge on any atom is -0.272 e. The number of aryl methyl sites for hydroxylation is 2. The van der Waals surface area contributed by atoms with Crippen LogP contribution in [0.25, 0.3) is 0 Å². The normalized spacial score (nSPS) is 10.3. The molecule has 0 atom stereocenters. The Balaban J connectivity index is 1.78. The zero-order valence-electron chi connectivity index (χ0n) is 12.3. The van der Waals surface area contributed by atoms with Crippen LogP contribution in [0.2, 0.25) is 0 Å². The maximum absolute atomic E-state index is 11.9. The molecule has 2 rings (SSSR count). The summed E-state index contributed by atoms with van der Waals surface area (Å²) in [7, 11) is 0. The number of benzene rings is 1. The van der Waals surface area contributed by atoms with E-state index < -0.39 is 0 Å². The zero-order valence-corrected chi connectivity index (χ0v) is 13.2. The van der Waals surface area contributed by atoms with Gasteiger partial charge in [-0.2, -0.15) is 0 Å². The number of amides is 2. The molecule has 8 heteroatoms. The van der Waals surface area contributed by atoms with Crippen LogP contribution in [0.5, 0.6) is 0 Å². The van der Waals surface area contributed by atoms with Crippen molar-refractivity contribution in [1.82, 2.24) is 26.0 Å². The van der Waals surface area contributed by atoms with Gasteiger partial charge in [0.2, 0.25) is 11.1 Å². The predicted octanol–water partition coefficient (Wildman–Crippen LogP) is 1.23. The van der Waals surface area contributed by atoms with Crippen molar-refractivity contribution in [2.45, 2.75) is 25.4 Å². The number of hydrogen-bond acceptors (Lipinski definition) is 5. The van der Waals surface area contributed by atoms with E-state index >= 15 is 0 Å². The van der Waals surface area contributed by atoms with Gasteiger partial charge in [0.1, 0.15) is 5.82 Å². The molecule has 116 valence electrons. The second kappa shape index (κ2) is 7.60. The van der Waals surface area contributed by atoms with E-state index in [1.807, 2.05) is 26.0 Å². The third-order valence-electron chi connectivity index (χ3n) is 2.88. The molecular formula is C14H17N5O2S. The summed E-state index contributed by atoms with van der Waals surface area (Å²) in [4.78, 5) is 27.8. The number of thioether (sulfide) groups is 1. The molecule has 0 spiro atoms.